The highest BCUT2D eigenvalue weighted by atomic mass is 32.1. The van der Waals surface area contributed by atoms with Gasteiger partial charge in [0.15, 0.2) is 0 Å². The molecule has 1 fully saturated rings. The van der Waals surface area contributed by atoms with E-state index in [1.807, 2.05) is 11.7 Å². The van der Waals surface area contributed by atoms with Gasteiger partial charge in [-0.05, 0) is 24.3 Å². The predicted molar refractivity (Wildman–Crippen MR) is 76.8 cm³/mol. The van der Waals surface area contributed by atoms with Crippen molar-refractivity contribution in [2.24, 2.45) is 12.0 Å². The molecule has 0 bridgehead atoms. The normalized spacial score (nSPS) is 18.4. The van der Waals surface area contributed by atoms with Crippen LogP contribution in [0, 0.1) is 0 Å². The maximum Gasteiger partial charge on any atom is 0.203 e. The summed E-state index contributed by atoms with van der Waals surface area (Å²) in [5, 5.41) is 9.88. The second-order valence-corrected chi connectivity index (χ2v) is 6.48. The van der Waals surface area contributed by atoms with Crippen LogP contribution < -0.4 is 4.80 Å². The number of rotatable bonds is 2. The highest BCUT2D eigenvalue weighted by molar-refractivity contribution is 7.13. The highest BCUT2D eigenvalue weighted by Gasteiger charge is 2.13. The first-order chi connectivity index (χ1) is 8.83. The van der Waals surface area contributed by atoms with Gasteiger partial charge in [0.1, 0.15) is 5.01 Å². The van der Waals surface area contributed by atoms with Crippen LogP contribution in [-0.4, -0.2) is 15.8 Å². The molecule has 2 heterocycles. The van der Waals surface area contributed by atoms with Crippen molar-refractivity contribution in [1.29, 1.82) is 0 Å². The van der Waals surface area contributed by atoms with Gasteiger partial charge in [0.2, 0.25) is 4.80 Å². The fourth-order valence-electron chi connectivity index (χ4n) is 2.33. The monoisotopic (exact) mass is 279 g/mol. The van der Waals surface area contributed by atoms with Gasteiger partial charge in [-0.1, -0.05) is 30.6 Å². The number of hydrogen-bond acceptors (Lipinski definition) is 4. The summed E-state index contributed by atoms with van der Waals surface area (Å²) in [4.78, 5) is 5.93. The predicted octanol–water partition coefficient (Wildman–Crippen LogP) is 3.44. The molecule has 3 nitrogen and oxygen atoms in total. The molecule has 5 heteroatoms. The summed E-state index contributed by atoms with van der Waals surface area (Å²) >= 11 is 3.41. The van der Waals surface area contributed by atoms with E-state index in [9.17, 15) is 0 Å². The fourth-order valence-corrected chi connectivity index (χ4v) is 4.00. The molecule has 0 spiro atoms. The van der Waals surface area contributed by atoms with E-state index in [0.717, 1.165) is 9.81 Å². The quantitative estimate of drug-likeness (QED) is 0.828. The third-order valence-electron chi connectivity index (χ3n) is 3.34. The fraction of sp³-hybridized carbons (Fsp3) is 0.538. The van der Waals surface area contributed by atoms with Crippen LogP contribution in [0.5, 0.6) is 0 Å². The van der Waals surface area contributed by atoms with Crippen molar-refractivity contribution in [1.82, 2.24) is 9.78 Å². The summed E-state index contributed by atoms with van der Waals surface area (Å²) < 4.78 is 1.92. The van der Waals surface area contributed by atoms with Gasteiger partial charge in [0, 0.05) is 18.0 Å². The van der Waals surface area contributed by atoms with Gasteiger partial charge < -0.3 is 0 Å². The van der Waals surface area contributed by atoms with E-state index in [4.69, 9.17) is 4.99 Å². The molecule has 0 radical (unpaired) electrons. The molecule has 18 heavy (non-hydrogen) atoms. The Hall–Kier alpha value is -0.940. The Morgan fingerprint density at radius 3 is 2.89 bits per heavy atom. The lowest BCUT2D eigenvalue weighted by Crippen LogP contribution is -2.18. The molecular formula is C13H17N3S2. The standard InChI is InChI=1S/C13H17N3S2/c1-16-13(14-11-5-3-2-4-6-11)18-12(15-16)10-7-8-17-9-10/h7-9,11H,2-6H2,1H3/b14-13-. The molecule has 0 aromatic carbocycles. The van der Waals surface area contributed by atoms with Gasteiger partial charge in [-0.15, -0.1) is 0 Å². The molecular weight excluding hydrogens is 262 g/mol. The Bertz CT molecular complexity index is 559. The minimum atomic E-state index is 0.515. The topological polar surface area (TPSA) is 30.2 Å². The van der Waals surface area contributed by atoms with Crippen LogP contribution in [0.1, 0.15) is 32.1 Å². The van der Waals surface area contributed by atoms with Gasteiger partial charge in [0.25, 0.3) is 0 Å². The third kappa shape index (κ3) is 2.57. The van der Waals surface area contributed by atoms with Crippen molar-refractivity contribution in [3.8, 4) is 10.6 Å². The largest absolute Gasteiger partial charge is 0.254 e. The van der Waals surface area contributed by atoms with E-state index in [1.54, 1.807) is 22.7 Å². The van der Waals surface area contributed by atoms with Crippen molar-refractivity contribution in [3.05, 3.63) is 21.6 Å². The second kappa shape index (κ2) is 5.36. The zero-order valence-electron chi connectivity index (χ0n) is 10.5. The minimum Gasteiger partial charge on any atom is -0.254 e. The molecule has 96 valence electrons. The van der Waals surface area contributed by atoms with Gasteiger partial charge in [-0.25, -0.2) is 4.68 Å². The number of hydrogen-bond donors (Lipinski definition) is 0. The molecule has 2 aromatic rings. The summed E-state index contributed by atoms with van der Waals surface area (Å²) in [5.74, 6) is 0. The molecule has 0 unspecified atom stereocenters. The van der Waals surface area contributed by atoms with Crippen LogP contribution in [-0.2, 0) is 7.05 Å². The minimum absolute atomic E-state index is 0.515. The lowest BCUT2D eigenvalue weighted by Gasteiger charge is -2.16. The van der Waals surface area contributed by atoms with E-state index in [1.165, 1.54) is 37.7 Å². The van der Waals surface area contributed by atoms with E-state index in [0.29, 0.717) is 6.04 Å². The van der Waals surface area contributed by atoms with Crippen LogP contribution in [0.2, 0.25) is 0 Å². The Morgan fingerprint density at radius 1 is 1.33 bits per heavy atom. The first-order valence-electron chi connectivity index (χ1n) is 6.43. The molecule has 1 aliphatic carbocycles. The van der Waals surface area contributed by atoms with Crippen molar-refractivity contribution < 1.29 is 0 Å². The lowest BCUT2D eigenvalue weighted by molar-refractivity contribution is 0.434. The maximum atomic E-state index is 4.87. The van der Waals surface area contributed by atoms with Crippen LogP contribution in [0.15, 0.2) is 21.8 Å². The summed E-state index contributed by atoms with van der Waals surface area (Å²) in [7, 11) is 1.99. The Kier molecular flexibility index (Phi) is 3.61. The van der Waals surface area contributed by atoms with Crippen molar-refractivity contribution >= 4 is 22.7 Å². The van der Waals surface area contributed by atoms with Crippen molar-refractivity contribution in [2.75, 3.05) is 0 Å². The Balaban J connectivity index is 1.90. The molecule has 0 amide bonds. The number of aryl methyl sites for hydroxylation is 1. The molecule has 1 saturated carbocycles. The average molecular weight is 279 g/mol. The number of nitrogens with zero attached hydrogens (tertiary/aromatic N) is 3. The molecule has 3 rings (SSSR count). The molecule has 0 atom stereocenters. The molecule has 1 aliphatic rings. The van der Waals surface area contributed by atoms with Crippen LogP contribution in [0.4, 0.5) is 0 Å². The SMILES string of the molecule is Cn1nc(-c2ccsc2)s/c1=N\C1CCCCC1. The summed E-state index contributed by atoms with van der Waals surface area (Å²) in [5.41, 5.74) is 1.21. The summed E-state index contributed by atoms with van der Waals surface area (Å²) in [6.45, 7) is 0. The van der Waals surface area contributed by atoms with E-state index >= 15 is 0 Å². The number of aromatic nitrogens is 2. The average Bonchev–Trinajstić information content (AvgIpc) is 3.01. The number of thiophene rings is 1. The molecule has 2 aromatic heterocycles. The first-order valence-corrected chi connectivity index (χ1v) is 8.19. The summed E-state index contributed by atoms with van der Waals surface area (Å²) in [6.07, 6.45) is 6.51. The van der Waals surface area contributed by atoms with E-state index in [-0.39, 0.29) is 0 Å². The Morgan fingerprint density at radius 2 is 2.17 bits per heavy atom. The van der Waals surface area contributed by atoms with Gasteiger partial charge in [-0.3, -0.25) is 4.99 Å². The van der Waals surface area contributed by atoms with Crippen molar-refractivity contribution in [2.45, 2.75) is 38.1 Å². The molecule has 0 aliphatic heterocycles. The third-order valence-corrected chi connectivity index (χ3v) is 5.09. The summed E-state index contributed by atoms with van der Waals surface area (Å²) in [6, 6.07) is 2.63. The zero-order valence-corrected chi connectivity index (χ0v) is 12.1. The highest BCUT2D eigenvalue weighted by Crippen LogP contribution is 2.23. The van der Waals surface area contributed by atoms with Gasteiger partial charge in [-0.2, -0.15) is 16.4 Å². The van der Waals surface area contributed by atoms with Crippen molar-refractivity contribution in [3.63, 3.8) is 0 Å². The van der Waals surface area contributed by atoms with Crippen LogP contribution >= 0.6 is 22.7 Å². The van der Waals surface area contributed by atoms with Gasteiger partial charge in [0.05, 0.1) is 6.04 Å². The molecule has 0 N–H and O–H groups in total. The zero-order chi connectivity index (χ0) is 12.4. The Labute approximate surface area is 115 Å². The molecule has 0 saturated heterocycles. The van der Waals surface area contributed by atoms with Gasteiger partial charge >= 0.3 is 0 Å². The second-order valence-electron chi connectivity index (χ2n) is 4.75. The van der Waals surface area contributed by atoms with E-state index < -0.39 is 0 Å². The smallest absolute Gasteiger partial charge is 0.203 e. The maximum absolute atomic E-state index is 4.87. The van der Waals surface area contributed by atoms with E-state index in [2.05, 4.69) is 21.9 Å². The first kappa shape index (κ1) is 12.1. The van der Waals surface area contributed by atoms with Crippen LogP contribution in [0.25, 0.3) is 10.6 Å². The van der Waals surface area contributed by atoms with Crippen LogP contribution in [0.3, 0.4) is 0 Å². The lowest BCUT2D eigenvalue weighted by atomic mass is 9.96.